The Balaban J connectivity index is 1.74. The summed E-state index contributed by atoms with van der Waals surface area (Å²) < 4.78 is 29.3. The molecule has 0 saturated heterocycles. The second-order valence-corrected chi connectivity index (χ2v) is 9.29. The second kappa shape index (κ2) is 10.9. The van der Waals surface area contributed by atoms with Gasteiger partial charge in [0.15, 0.2) is 11.5 Å². The lowest BCUT2D eigenvalue weighted by Gasteiger charge is -2.19. The Kier molecular flexibility index (Phi) is 7.92. The van der Waals surface area contributed by atoms with E-state index in [0.29, 0.717) is 11.1 Å². The number of nitrogen functional groups attached to an aromatic ring is 1. The van der Waals surface area contributed by atoms with Crippen molar-refractivity contribution in [1.29, 1.82) is 5.41 Å². The van der Waals surface area contributed by atoms with Crippen molar-refractivity contribution >= 4 is 27.7 Å². The molecule has 0 aliphatic heterocycles. The Bertz CT molecular complexity index is 1410. The molecule has 1 amide bonds. The number of nitrogens with one attached hydrogen (secondary N) is 2. The van der Waals surface area contributed by atoms with Crippen LogP contribution in [0.3, 0.4) is 0 Å². The molecule has 36 heavy (non-hydrogen) atoms. The summed E-state index contributed by atoms with van der Waals surface area (Å²) in [6.45, 7) is -0.203. The van der Waals surface area contributed by atoms with Crippen LogP contribution in [0.25, 0.3) is 11.1 Å². The molecule has 0 aliphatic rings. The van der Waals surface area contributed by atoms with Crippen LogP contribution in [0.15, 0.2) is 71.6 Å². The summed E-state index contributed by atoms with van der Waals surface area (Å²) >= 11 is 0. The average molecular weight is 513 g/mol. The molecule has 11 nitrogen and oxygen atoms in total. The van der Waals surface area contributed by atoms with Gasteiger partial charge >= 0.3 is 5.97 Å². The number of nitrogens with two attached hydrogens (primary N) is 2. The largest absolute Gasteiger partial charge is 0.504 e. The first-order chi connectivity index (χ1) is 17.0. The van der Waals surface area contributed by atoms with E-state index in [4.69, 9.17) is 21.0 Å². The van der Waals surface area contributed by atoms with E-state index in [2.05, 4.69) is 5.32 Å². The number of carboxylic acids is 1. The highest BCUT2D eigenvalue weighted by Crippen LogP contribution is 2.29. The van der Waals surface area contributed by atoms with Gasteiger partial charge in [-0.15, -0.1) is 0 Å². The van der Waals surface area contributed by atoms with Crippen LogP contribution in [0, 0.1) is 5.41 Å². The summed E-state index contributed by atoms with van der Waals surface area (Å²) in [4.78, 5) is 23.9. The third-order valence-corrected chi connectivity index (χ3v) is 6.08. The molecule has 1 atom stereocenters. The number of aromatic hydroxyl groups is 1. The number of hydrogen-bond donors (Lipinski definition) is 6. The molecule has 8 N–H and O–H groups in total. The molecule has 0 heterocycles. The van der Waals surface area contributed by atoms with Gasteiger partial charge < -0.3 is 26.0 Å². The number of phenols is 1. The number of aliphatic carboxylic acids is 1. The molecule has 3 rings (SSSR count). The van der Waals surface area contributed by atoms with Crippen LogP contribution in [0.5, 0.6) is 11.5 Å². The number of amidine groups is 1. The third-order valence-electron chi connectivity index (χ3n) is 5.11. The molecule has 1 unspecified atom stereocenters. The Hall–Kier alpha value is -4.42. The second-order valence-electron chi connectivity index (χ2n) is 7.76. The number of carbonyl (C=O) groups excluding carboxylic acids is 1. The van der Waals surface area contributed by atoms with E-state index in [1.54, 1.807) is 30.3 Å². The first-order valence-corrected chi connectivity index (χ1v) is 12.1. The third kappa shape index (κ3) is 6.58. The summed E-state index contributed by atoms with van der Waals surface area (Å²) in [5, 5.41) is 34.6. The van der Waals surface area contributed by atoms with E-state index in [1.807, 2.05) is 0 Å². The fraction of sp³-hybridized carbons (Fsp3) is 0.125. The van der Waals surface area contributed by atoms with Crippen molar-refractivity contribution < 1.29 is 33.0 Å². The van der Waals surface area contributed by atoms with Crippen LogP contribution < -0.4 is 20.9 Å². The molecular formula is C24H24N4O7S. The van der Waals surface area contributed by atoms with Crippen LogP contribution in [0.1, 0.15) is 22.3 Å². The van der Waals surface area contributed by atoms with Gasteiger partial charge in [-0.25, -0.2) is 13.6 Å². The van der Waals surface area contributed by atoms with Crippen molar-refractivity contribution in [2.45, 2.75) is 17.4 Å². The highest BCUT2D eigenvalue weighted by molar-refractivity contribution is 7.89. The fourth-order valence-corrected chi connectivity index (χ4v) is 4.13. The van der Waals surface area contributed by atoms with Crippen molar-refractivity contribution in [3.63, 3.8) is 0 Å². The molecular weight excluding hydrogens is 488 g/mol. The number of carbonyl (C=O) groups is 2. The van der Waals surface area contributed by atoms with Gasteiger partial charge in [0.1, 0.15) is 11.9 Å². The maximum atomic E-state index is 12.6. The van der Waals surface area contributed by atoms with Crippen molar-refractivity contribution in [3.05, 3.63) is 77.9 Å². The molecule has 0 fully saturated rings. The molecule has 12 heteroatoms. The van der Waals surface area contributed by atoms with Crippen LogP contribution in [0.4, 0.5) is 0 Å². The van der Waals surface area contributed by atoms with Gasteiger partial charge in [-0.2, -0.15) is 0 Å². The van der Waals surface area contributed by atoms with Crippen molar-refractivity contribution in [2.24, 2.45) is 10.9 Å². The van der Waals surface area contributed by atoms with Gasteiger partial charge in [-0.1, -0.05) is 30.3 Å². The number of benzene rings is 3. The zero-order chi connectivity index (χ0) is 26.5. The molecule has 0 spiro atoms. The maximum absolute atomic E-state index is 12.6. The minimum absolute atomic E-state index is 0.0482. The van der Waals surface area contributed by atoms with Crippen molar-refractivity contribution in [1.82, 2.24) is 5.32 Å². The number of rotatable bonds is 10. The molecule has 0 saturated carbocycles. The number of sulfonamides is 1. The Morgan fingerprint density at radius 1 is 1.03 bits per heavy atom. The Morgan fingerprint density at radius 2 is 1.67 bits per heavy atom. The standard InChI is InChI=1S/C24H24N4O7S/c25-23(26)16-9-10-19(29)20(11-16)35-17(12-22(30)31)13-28-24(32)15-7-5-14(6-8-15)18-3-1-2-4-21(18)36(27,33)34/h1-11,17,29H,12-13H2,(H3,25,26)(H,28,32)(H,30,31)(H2,27,33,34). The Morgan fingerprint density at radius 3 is 2.28 bits per heavy atom. The van der Waals surface area contributed by atoms with Gasteiger partial charge in [0.2, 0.25) is 10.0 Å². The molecule has 0 aromatic heterocycles. The molecule has 0 bridgehead atoms. The lowest BCUT2D eigenvalue weighted by molar-refractivity contribution is -0.138. The predicted octanol–water partition coefficient (Wildman–Crippen LogP) is 1.64. The van der Waals surface area contributed by atoms with Gasteiger partial charge in [-0.05, 0) is 42.0 Å². The number of hydrogen-bond acceptors (Lipinski definition) is 7. The van der Waals surface area contributed by atoms with E-state index in [9.17, 15) is 28.2 Å². The number of ether oxygens (including phenoxy) is 1. The molecule has 3 aromatic carbocycles. The lowest BCUT2D eigenvalue weighted by Crippen LogP contribution is -2.36. The number of primary sulfonamides is 1. The average Bonchev–Trinajstić information content (AvgIpc) is 2.82. The quantitative estimate of drug-likeness (QED) is 0.173. The van der Waals surface area contributed by atoms with E-state index in [-0.39, 0.29) is 39.9 Å². The van der Waals surface area contributed by atoms with Crippen molar-refractivity contribution in [2.75, 3.05) is 6.54 Å². The molecule has 188 valence electrons. The van der Waals surface area contributed by atoms with Gasteiger partial charge in [0.05, 0.1) is 17.9 Å². The van der Waals surface area contributed by atoms with E-state index < -0.39 is 34.4 Å². The minimum Gasteiger partial charge on any atom is -0.504 e. The van der Waals surface area contributed by atoms with Crippen LogP contribution in [0.2, 0.25) is 0 Å². The van der Waals surface area contributed by atoms with E-state index >= 15 is 0 Å². The predicted molar refractivity (Wildman–Crippen MR) is 131 cm³/mol. The summed E-state index contributed by atoms with van der Waals surface area (Å²) in [7, 11) is -3.95. The summed E-state index contributed by atoms with van der Waals surface area (Å²) in [5.41, 5.74) is 6.87. The zero-order valence-corrected chi connectivity index (χ0v) is 19.7. The van der Waals surface area contributed by atoms with Crippen molar-refractivity contribution in [3.8, 4) is 22.6 Å². The lowest BCUT2D eigenvalue weighted by atomic mass is 10.0. The molecule has 0 radical (unpaired) electrons. The molecule has 0 aliphatic carbocycles. The first kappa shape index (κ1) is 26.2. The zero-order valence-electron chi connectivity index (χ0n) is 18.8. The van der Waals surface area contributed by atoms with E-state index in [0.717, 1.165) is 0 Å². The summed E-state index contributed by atoms with van der Waals surface area (Å²) in [6.07, 6.45) is -1.52. The number of phenolic OH excluding ortho intramolecular Hbond substituents is 1. The monoisotopic (exact) mass is 512 g/mol. The summed E-state index contributed by atoms with van der Waals surface area (Å²) in [6, 6.07) is 16.3. The van der Waals surface area contributed by atoms with E-state index in [1.165, 1.54) is 36.4 Å². The van der Waals surface area contributed by atoms with Crippen LogP contribution >= 0.6 is 0 Å². The minimum atomic E-state index is -3.95. The first-order valence-electron chi connectivity index (χ1n) is 10.5. The smallest absolute Gasteiger partial charge is 0.307 e. The van der Waals surface area contributed by atoms with Crippen LogP contribution in [-0.4, -0.2) is 49.0 Å². The van der Waals surface area contributed by atoms with Gasteiger partial charge in [0, 0.05) is 16.7 Å². The normalized spacial score (nSPS) is 11.9. The van der Waals surface area contributed by atoms with Gasteiger partial charge in [-0.3, -0.25) is 15.0 Å². The molecule has 3 aromatic rings. The highest BCUT2D eigenvalue weighted by atomic mass is 32.2. The Labute approximate surface area is 206 Å². The topological polar surface area (TPSA) is 206 Å². The number of carboxylic acid groups (broad SMARTS) is 1. The highest BCUT2D eigenvalue weighted by Gasteiger charge is 2.20. The SMILES string of the molecule is N=C(N)c1ccc(O)c(OC(CNC(=O)c2ccc(-c3ccccc3S(N)(=O)=O)cc2)CC(=O)O)c1. The maximum Gasteiger partial charge on any atom is 0.307 e. The van der Waals surface area contributed by atoms with Crippen LogP contribution in [-0.2, 0) is 14.8 Å². The fourth-order valence-electron chi connectivity index (χ4n) is 3.37. The number of amides is 1. The van der Waals surface area contributed by atoms with Gasteiger partial charge in [0.25, 0.3) is 5.91 Å². The summed E-state index contributed by atoms with van der Waals surface area (Å²) in [5.74, 6) is -2.34.